The zero-order chi connectivity index (χ0) is 17.6. The lowest BCUT2D eigenvalue weighted by Crippen LogP contribution is -2.38. The van der Waals surface area contributed by atoms with Gasteiger partial charge in [-0.25, -0.2) is 9.78 Å². The van der Waals surface area contributed by atoms with Gasteiger partial charge in [-0.3, -0.25) is 10.2 Å². The Hall–Kier alpha value is -1.92. The molecule has 6 heteroatoms. The van der Waals surface area contributed by atoms with E-state index in [1.54, 1.807) is 11.3 Å². The van der Waals surface area contributed by atoms with Crippen LogP contribution in [-0.4, -0.2) is 47.0 Å². The first-order valence-electron chi connectivity index (χ1n) is 8.90. The van der Waals surface area contributed by atoms with Crippen LogP contribution in [0.25, 0.3) is 0 Å². The number of nitrogens with one attached hydrogen (secondary N) is 1. The molecule has 25 heavy (non-hydrogen) atoms. The van der Waals surface area contributed by atoms with Gasteiger partial charge in [0, 0.05) is 43.8 Å². The van der Waals surface area contributed by atoms with E-state index >= 15 is 0 Å². The van der Waals surface area contributed by atoms with Gasteiger partial charge in [0.2, 0.25) is 0 Å². The topological polar surface area (TPSA) is 48.5 Å². The molecule has 2 amide bonds. The zero-order valence-corrected chi connectivity index (χ0v) is 15.8. The molecule has 0 saturated carbocycles. The predicted molar refractivity (Wildman–Crippen MR) is 103 cm³/mol. The Labute approximate surface area is 153 Å². The molecule has 5 nitrogen and oxygen atoms in total. The van der Waals surface area contributed by atoms with Crippen molar-refractivity contribution in [2.45, 2.75) is 32.7 Å². The number of rotatable bonds is 4. The Morgan fingerprint density at radius 2 is 2.00 bits per heavy atom. The Morgan fingerprint density at radius 1 is 1.20 bits per heavy atom. The molecule has 0 aliphatic carbocycles. The van der Waals surface area contributed by atoms with E-state index in [0.717, 1.165) is 39.1 Å². The van der Waals surface area contributed by atoms with Gasteiger partial charge in [0.05, 0.1) is 0 Å². The van der Waals surface area contributed by atoms with E-state index in [4.69, 9.17) is 0 Å². The number of anilines is 1. The highest BCUT2D eigenvalue weighted by Gasteiger charge is 2.20. The highest BCUT2D eigenvalue weighted by Crippen LogP contribution is 2.25. The average molecular weight is 359 g/mol. The van der Waals surface area contributed by atoms with Gasteiger partial charge in [-0.2, -0.15) is 0 Å². The van der Waals surface area contributed by atoms with Crippen LogP contribution >= 0.6 is 11.3 Å². The van der Waals surface area contributed by atoms with Crippen LogP contribution in [0.1, 0.15) is 36.6 Å². The molecule has 1 aromatic carbocycles. The van der Waals surface area contributed by atoms with Crippen LogP contribution in [0.4, 0.5) is 9.93 Å². The first-order chi connectivity index (χ1) is 12.1. The summed E-state index contributed by atoms with van der Waals surface area (Å²) in [5.74, 6) is 0.438. The fourth-order valence-electron chi connectivity index (χ4n) is 2.96. The Balaban J connectivity index is 1.52. The van der Waals surface area contributed by atoms with E-state index in [9.17, 15) is 4.79 Å². The monoisotopic (exact) mass is 358 g/mol. The van der Waals surface area contributed by atoms with Crippen molar-refractivity contribution >= 4 is 22.5 Å². The lowest BCUT2D eigenvalue weighted by atomic mass is 10.2. The number of carbonyl (C=O) groups is 1. The molecule has 2 heterocycles. The number of benzene rings is 1. The third-order valence-corrected chi connectivity index (χ3v) is 5.64. The maximum atomic E-state index is 12.5. The third-order valence-electron chi connectivity index (χ3n) is 4.43. The minimum atomic E-state index is -0.0359. The van der Waals surface area contributed by atoms with Crippen molar-refractivity contribution in [3.05, 3.63) is 47.0 Å². The van der Waals surface area contributed by atoms with E-state index in [0.29, 0.717) is 11.0 Å². The number of hydrogen-bond donors (Lipinski definition) is 1. The number of urea groups is 1. The molecule has 2 aromatic rings. The summed E-state index contributed by atoms with van der Waals surface area (Å²) < 4.78 is 0. The predicted octanol–water partition coefficient (Wildman–Crippen LogP) is 4.01. The molecule has 0 spiro atoms. The van der Waals surface area contributed by atoms with Crippen molar-refractivity contribution in [3.63, 3.8) is 0 Å². The number of nitrogens with zero attached hydrogens (tertiary/aromatic N) is 3. The quantitative estimate of drug-likeness (QED) is 0.898. The molecule has 1 N–H and O–H groups in total. The molecule has 1 aliphatic rings. The van der Waals surface area contributed by atoms with Crippen LogP contribution in [-0.2, 0) is 6.54 Å². The highest BCUT2D eigenvalue weighted by atomic mass is 32.1. The van der Waals surface area contributed by atoms with Gasteiger partial charge >= 0.3 is 6.03 Å². The largest absolute Gasteiger partial charge is 0.323 e. The lowest BCUT2D eigenvalue weighted by molar-refractivity contribution is 0.211. The maximum Gasteiger partial charge on any atom is 0.323 e. The standard InChI is InChI=1S/C19H26N4OS/c1-15(2)17-13-20-18(25-17)21-19(24)23-10-6-9-22(11-12-23)14-16-7-4-3-5-8-16/h3-5,7-8,13,15H,6,9-12,14H2,1-2H3,(H,20,21,24). The summed E-state index contributed by atoms with van der Waals surface area (Å²) in [4.78, 5) is 22.4. The van der Waals surface area contributed by atoms with E-state index < -0.39 is 0 Å². The number of aromatic nitrogens is 1. The minimum Gasteiger partial charge on any atom is -0.323 e. The van der Waals surface area contributed by atoms with E-state index in [2.05, 4.69) is 53.3 Å². The summed E-state index contributed by atoms with van der Waals surface area (Å²) in [5.41, 5.74) is 1.32. The van der Waals surface area contributed by atoms with E-state index in [-0.39, 0.29) is 6.03 Å². The first-order valence-corrected chi connectivity index (χ1v) is 9.71. The van der Waals surface area contributed by atoms with Crippen molar-refractivity contribution in [2.24, 2.45) is 0 Å². The second-order valence-electron chi connectivity index (χ2n) is 6.75. The number of carbonyl (C=O) groups excluding carboxylic acids is 1. The summed E-state index contributed by atoms with van der Waals surface area (Å²) in [6.45, 7) is 8.68. The van der Waals surface area contributed by atoms with Crippen molar-refractivity contribution in [3.8, 4) is 0 Å². The van der Waals surface area contributed by atoms with Gasteiger partial charge in [-0.15, -0.1) is 11.3 Å². The first kappa shape index (κ1) is 17.9. The van der Waals surface area contributed by atoms with Crippen molar-refractivity contribution in [1.29, 1.82) is 0 Å². The maximum absolute atomic E-state index is 12.5. The van der Waals surface area contributed by atoms with Gasteiger partial charge < -0.3 is 4.90 Å². The molecule has 1 saturated heterocycles. The van der Waals surface area contributed by atoms with Gasteiger partial charge in [-0.1, -0.05) is 44.2 Å². The summed E-state index contributed by atoms with van der Waals surface area (Å²) >= 11 is 1.56. The van der Waals surface area contributed by atoms with Crippen LogP contribution in [0, 0.1) is 0 Å². The minimum absolute atomic E-state index is 0.0359. The summed E-state index contributed by atoms with van der Waals surface area (Å²) in [6.07, 6.45) is 2.85. The van der Waals surface area contributed by atoms with E-state index in [1.165, 1.54) is 10.4 Å². The Bertz CT molecular complexity index is 686. The molecular formula is C19H26N4OS. The van der Waals surface area contributed by atoms with Gasteiger partial charge in [-0.05, 0) is 17.9 Å². The highest BCUT2D eigenvalue weighted by molar-refractivity contribution is 7.15. The number of amides is 2. The molecular weight excluding hydrogens is 332 g/mol. The SMILES string of the molecule is CC(C)c1cnc(NC(=O)N2CCCN(Cc3ccccc3)CC2)s1. The summed E-state index contributed by atoms with van der Waals surface area (Å²) in [5, 5.41) is 3.65. The van der Waals surface area contributed by atoms with Crippen LogP contribution in [0.15, 0.2) is 36.5 Å². The van der Waals surface area contributed by atoms with Crippen LogP contribution in [0.2, 0.25) is 0 Å². The molecule has 0 atom stereocenters. The summed E-state index contributed by atoms with van der Waals surface area (Å²) in [7, 11) is 0. The zero-order valence-electron chi connectivity index (χ0n) is 14.9. The molecule has 1 aromatic heterocycles. The fourth-order valence-corrected chi connectivity index (χ4v) is 3.76. The second kappa shape index (κ2) is 8.45. The molecule has 0 bridgehead atoms. The van der Waals surface area contributed by atoms with Crippen molar-refractivity contribution in [1.82, 2.24) is 14.8 Å². The van der Waals surface area contributed by atoms with Crippen molar-refractivity contribution in [2.75, 3.05) is 31.5 Å². The average Bonchev–Trinajstić information content (AvgIpc) is 2.94. The normalized spacial score (nSPS) is 16.0. The molecule has 0 radical (unpaired) electrons. The van der Waals surface area contributed by atoms with E-state index in [1.807, 2.05) is 17.2 Å². The van der Waals surface area contributed by atoms with Crippen LogP contribution < -0.4 is 5.32 Å². The molecule has 134 valence electrons. The molecule has 0 unspecified atom stereocenters. The van der Waals surface area contributed by atoms with Gasteiger partial charge in [0.1, 0.15) is 0 Å². The van der Waals surface area contributed by atoms with Crippen LogP contribution in [0.3, 0.4) is 0 Å². The molecule has 1 fully saturated rings. The van der Waals surface area contributed by atoms with Crippen molar-refractivity contribution < 1.29 is 4.79 Å². The lowest BCUT2D eigenvalue weighted by Gasteiger charge is -2.22. The van der Waals surface area contributed by atoms with Crippen LogP contribution in [0.5, 0.6) is 0 Å². The third kappa shape index (κ3) is 5.03. The Morgan fingerprint density at radius 3 is 2.72 bits per heavy atom. The van der Waals surface area contributed by atoms with Gasteiger partial charge in [0.15, 0.2) is 5.13 Å². The molecule has 3 rings (SSSR count). The number of thiazole rings is 1. The van der Waals surface area contributed by atoms with Gasteiger partial charge in [0.25, 0.3) is 0 Å². The number of hydrogen-bond acceptors (Lipinski definition) is 4. The fraction of sp³-hybridized carbons (Fsp3) is 0.474. The smallest absolute Gasteiger partial charge is 0.323 e. The summed E-state index contributed by atoms with van der Waals surface area (Å²) in [6, 6.07) is 10.5. The molecule has 1 aliphatic heterocycles. The second-order valence-corrected chi connectivity index (χ2v) is 7.82. The Kier molecular flexibility index (Phi) is 6.04.